The summed E-state index contributed by atoms with van der Waals surface area (Å²) in [4.78, 5) is 14.7. The fraction of sp³-hybridized carbons (Fsp3) is 0.659. The fourth-order valence-electron chi connectivity index (χ4n) is 7.23. The third-order valence-electron chi connectivity index (χ3n) is 10.5. The van der Waals surface area contributed by atoms with Crippen molar-refractivity contribution in [2.24, 2.45) is 0 Å². The Morgan fingerprint density at radius 2 is 1.58 bits per heavy atom. The van der Waals surface area contributed by atoms with Crippen LogP contribution in [0.5, 0.6) is 0 Å². The molecule has 3 heterocycles. The van der Waals surface area contributed by atoms with Crippen LogP contribution in [-0.2, 0) is 35.3 Å². The first-order valence-electron chi connectivity index (χ1n) is 20.5. The van der Waals surface area contributed by atoms with Crippen molar-refractivity contribution in [2.45, 2.75) is 159 Å². The van der Waals surface area contributed by atoms with Crippen molar-refractivity contribution < 1.29 is 42.6 Å². The van der Waals surface area contributed by atoms with Gasteiger partial charge in [0.15, 0.2) is 5.82 Å². The first kappa shape index (κ1) is 46.2. The summed E-state index contributed by atoms with van der Waals surface area (Å²) < 4.78 is 51.3. The molecule has 2 aromatic heterocycles. The largest absolute Gasteiger partial charge is 0.472 e. The van der Waals surface area contributed by atoms with Crippen molar-refractivity contribution in [3.8, 4) is 12.1 Å². The Balaban J connectivity index is 1.24. The van der Waals surface area contributed by atoms with Crippen molar-refractivity contribution in [2.75, 3.05) is 18.9 Å². The smallest absolute Gasteiger partial charge is 0.387 e. The van der Waals surface area contributed by atoms with Crippen LogP contribution in [0.3, 0.4) is 0 Å². The van der Waals surface area contributed by atoms with Crippen LogP contribution >= 0.6 is 7.82 Å². The van der Waals surface area contributed by atoms with Crippen LogP contribution in [0.1, 0.15) is 139 Å². The third-order valence-corrected chi connectivity index (χ3v) is 11.6. The van der Waals surface area contributed by atoms with Crippen molar-refractivity contribution in [1.82, 2.24) is 14.6 Å². The summed E-state index contributed by atoms with van der Waals surface area (Å²) in [5, 5.41) is 45.2. The number of aliphatic hydroxyl groups excluding tert-OH is 2. The monoisotopic (exact) mass is 814 g/mol. The molecule has 0 spiro atoms. The Labute approximate surface area is 335 Å². The Morgan fingerprint density at radius 3 is 2.16 bits per heavy atom. The summed E-state index contributed by atoms with van der Waals surface area (Å²) in [6, 6.07) is 10.8. The number of phosphoric ester groups is 1. The van der Waals surface area contributed by atoms with E-state index in [1.54, 1.807) is 0 Å². The first-order chi connectivity index (χ1) is 27.5. The summed E-state index contributed by atoms with van der Waals surface area (Å²) >= 11 is 0. The molecule has 3 aromatic rings. The van der Waals surface area contributed by atoms with Crippen LogP contribution in [-0.4, -0.2) is 67.3 Å². The van der Waals surface area contributed by atoms with Crippen molar-refractivity contribution in [1.29, 1.82) is 10.5 Å². The molecule has 314 valence electrons. The van der Waals surface area contributed by atoms with Gasteiger partial charge in [0.1, 0.15) is 42.0 Å². The number of nitriles is 2. The molecular weight excluding hydrogens is 754 g/mol. The molecule has 0 bridgehead atoms. The summed E-state index contributed by atoms with van der Waals surface area (Å²) in [5.41, 5.74) is 4.59. The minimum atomic E-state index is -4.82. The molecule has 1 aliphatic heterocycles. The molecule has 57 heavy (non-hydrogen) atoms. The minimum absolute atomic E-state index is 0.0663. The molecule has 0 saturated carbocycles. The number of benzene rings is 1. The van der Waals surface area contributed by atoms with E-state index in [4.69, 9.17) is 29.5 Å². The maximum absolute atomic E-state index is 14.5. The van der Waals surface area contributed by atoms with Gasteiger partial charge in [0.25, 0.3) is 0 Å². The number of aliphatic hydroxyl groups is 2. The van der Waals surface area contributed by atoms with Gasteiger partial charge in [0.2, 0.25) is 5.60 Å². The van der Waals surface area contributed by atoms with Crippen LogP contribution in [0.25, 0.3) is 5.52 Å². The van der Waals surface area contributed by atoms with Crippen LogP contribution in [0, 0.1) is 28.5 Å². The predicted octanol–water partition coefficient (Wildman–Crippen LogP) is 7.92. The van der Waals surface area contributed by atoms with E-state index in [0.29, 0.717) is 18.4 Å². The minimum Gasteiger partial charge on any atom is -0.387 e. The van der Waals surface area contributed by atoms with E-state index in [-0.39, 0.29) is 35.9 Å². The molecule has 1 aromatic carbocycles. The van der Waals surface area contributed by atoms with E-state index < -0.39 is 50.3 Å². The topological polar surface area (TPSA) is 218 Å². The molecule has 0 radical (unpaired) electrons. The maximum atomic E-state index is 14.5. The van der Waals surface area contributed by atoms with Gasteiger partial charge in [-0.05, 0) is 30.7 Å². The number of nitrogens with two attached hydrogens (primary N) is 1. The molecule has 0 aliphatic carbocycles. The van der Waals surface area contributed by atoms with E-state index in [0.717, 1.165) is 38.1 Å². The van der Waals surface area contributed by atoms with Gasteiger partial charge >= 0.3 is 7.82 Å². The maximum Gasteiger partial charge on any atom is 0.472 e. The van der Waals surface area contributed by atoms with Gasteiger partial charge in [0, 0.05) is 5.56 Å². The van der Waals surface area contributed by atoms with E-state index in [9.17, 15) is 29.3 Å². The molecular formula is C41H60FN6O8P. The molecule has 4 rings (SSSR count). The van der Waals surface area contributed by atoms with E-state index >= 15 is 0 Å². The lowest BCUT2D eigenvalue weighted by molar-refractivity contribution is -0.0664. The Bertz CT molecular complexity index is 1800. The van der Waals surface area contributed by atoms with Gasteiger partial charge in [-0.2, -0.15) is 15.6 Å². The lowest BCUT2D eigenvalue weighted by atomic mass is 9.92. The highest BCUT2D eigenvalue weighted by molar-refractivity contribution is 7.47. The zero-order chi connectivity index (χ0) is 41.1. The van der Waals surface area contributed by atoms with Gasteiger partial charge in [-0.1, -0.05) is 122 Å². The number of phosphoric acid groups is 1. The normalized spacial score (nSPS) is 21.0. The zero-order valence-electron chi connectivity index (χ0n) is 33.1. The highest BCUT2D eigenvalue weighted by Crippen LogP contribution is 2.47. The fourth-order valence-corrected chi connectivity index (χ4v) is 8.17. The second-order valence-corrected chi connectivity index (χ2v) is 16.4. The van der Waals surface area contributed by atoms with Crippen LogP contribution in [0.4, 0.5) is 10.2 Å². The molecule has 1 saturated heterocycles. The molecule has 14 nitrogen and oxygen atoms in total. The number of anilines is 1. The lowest BCUT2D eigenvalue weighted by Gasteiger charge is -2.24. The number of fused-ring (bicyclic) bond motifs is 1. The predicted molar refractivity (Wildman–Crippen MR) is 212 cm³/mol. The highest BCUT2D eigenvalue weighted by Gasteiger charge is 2.58. The van der Waals surface area contributed by atoms with Crippen LogP contribution in [0.2, 0.25) is 0 Å². The second kappa shape index (κ2) is 23.8. The van der Waals surface area contributed by atoms with Crippen LogP contribution in [0.15, 0.2) is 36.7 Å². The molecule has 1 aliphatic rings. The van der Waals surface area contributed by atoms with Gasteiger partial charge in [0.05, 0.1) is 43.3 Å². The number of nitrogen functional groups attached to an aromatic ring is 1. The standard InChI is InChI=1S/C41H60FN6O8P/c1-2-3-4-5-6-7-8-9-10-11-12-13-14-15-16-17-18-19-33(27-53-26-32-21-20-31(25-43)24-34(32)42)56-57(51,52)54-28-36-38(49)39(50)41(29-44,55-36)37-23-22-35-40(45)46-30-47-48(35)37/h20-24,30,33,36,38-39,49-50H,2-19,26-28H2,1H3,(H,51,52)(H2,45,46,47)/t33-,36-,38-,39-,41+/m1/s1. The van der Waals surface area contributed by atoms with Gasteiger partial charge in [-0.25, -0.2) is 18.5 Å². The summed E-state index contributed by atoms with van der Waals surface area (Å²) in [7, 11) is -4.82. The summed E-state index contributed by atoms with van der Waals surface area (Å²) in [5.74, 6) is -0.489. The molecule has 16 heteroatoms. The van der Waals surface area contributed by atoms with Crippen LogP contribution < -0.4 is 5.73 Å². The number of hydrogen-bond acceptors (Lipinski definition) is 12. The number of ether oxygens (including phenoxy) is 2. The molecule has 6 atom stereocenters. The van der Waals surface area contributed by atoms with Crippen molar-refractivity contribution in [3.05, 3.63) is 59.3 Å². The average molecular weight is 815 g/mol. The number of halogens is 1. The summed E-state index contributed by atoms with van der Waals surface area (Å²) in [6.07, 6.45) is 16.4. The zero-order valence-corrected chi connectivity index (χ0v) is 34.0. The molecule has 0 amide bonds. The quantitative estimate of drug-likeness (QED) is 0.0405. The Hall–Kier alpha value is -3.50. The molecule has 1 fully saturated rings. The van der Waals surface area contributed by atoms with E-state index in [2.05, 4.69) is 17.0 Å². The van der Waals surface area contributed by atoms with Crippen molar-refractivity contribution >= 4 is 19.2 Å². The van der Waals surface area contributed by atoms with Gasteiger partial charge in [-0.15, -0.1) is 0 Å². The third kappa shape index (κ3) is 13.8. The van der Waals surface area contributed by atoms with Gasteiger partial charge < -0.3 is 30.3 Å². The molecule has 1 unspecified atom stereocenters. The number of hydrogen-bond donors (Lipinski definition) is 4. The Morgan fingerprint density at radius 1 is 0.965 bits per heavy atom. The number of unbranched alkanes of at least 4 members (excludes halogenated alkanes) is 16. The number of nitrogens with zero attached hydrogens (tertiary/aromatic N) is 5. The number of aromatic nitrogens is 3. The van der Waals surface area contributed by atoms with E-state index in [1.165, 1.54) is 106 Å². The van der Waals surface area contributed by atoms with Gasteiger partial charge in [-0.3, -0.25) is 9.05 Å². The van der Waals surface area contributed by atoms with E-state index in [1.807, 2.05) is 12.1 Å². The molecule has 5 N–H and O–H groups in total. The second-order valence-electron chi connectivity index (χ2n) is 15.0. The van der Waals surface area contributed by atoms with Crippen molar-refractivity contribution in [3.63, 3.8) is 0 Å². The number of rotatable bonds is 28. The Kier molecular flexibility index (Phi) is 19.3. The average Bonchev–Trinajstić information content (AvgIpc) is 3.75. The SMILES string of the molecule is CCCCCCCCCCCCCCCCCCC[C@H](COCc1ccc(C#N)cc1F)OP(=O)(O)OC[C@H]1O[C@@](C#N)(c2ccc3c(N)ncnn23)[C@H](O)[C@@H]1O. The highest BCUT2D eigenvalue weighted by atomic mass is 31.2. The first-order valence-corrected chi connectivity index (χ1v) is 22.0. The lowest BCUT2D eigenvalue weighted by Crippen LogP contribution is -2.41. The summed E-state index contributed by atoms with van der Waals surface area (Å²) in [6.45, 7) is 1.22.